The normalized spacial score (nSPS) is 10.7. The van der Waals surface area contributed by atoms with Crippen molar-refractivity contribution in [3.05, 3.63) is 58.4 Å². The Morgan fingerprint density at radius 3 is 2.74 bits per heavy atom. The van der Waals surface area contributed by atoms with Crippen molar-refractivity contribution in [2.45, 2.75) is 6.54 Å². The van der Waals surface area contributed by atoms with Crippen molar-refractivity contribution in [2.75, 3.05) is 14.1 Å². The first-order valence-electron chi connectivity index (χ1n) is 6.79. The molecule has 0 aliphatic carbocycles. The Hall–Kier alpha value is -3.03. The van der Waals surface area contributed by atoms with Crippen LogP contribution in [0.3, 0.4) is 0 Å². The Morgan fingerprint density at radius 2 is 2.09 bits per heavy atom. The number of carbonyl (C=O) groups excluding carboxylic acids is 1. The number of rotatable bonds is 4. The number of benzene rings is 1. The van der Waals surface area contributed by atoms with E-state index in [4.69, 9.17) is 0 Å². The highest BCUT2D eigenvalue weighted by Gasteiger charge is 2.12. The molecule has 0 saturated carbocycles. The summed E-state index contributed by atoms with van der Waals surface area (Å²) in [5.41, 5.74) is -0.0441. The van der Waals surface area contributed by atoms with Gasteiger partial charge in [-0.1, -0.05) is 30.3 Å². The lowest BCUT2D eigenvalue weighted by molar-refractivity contribution is 0.240. The summed E-state index contributed by atoms with van der Waals surface area (Å²) in [4.78, 5) is 32.6. The van der Waals surface area contributed by atoms with Crippen LogP contribution in [-0.4, -0.2) is 40.9 Å². The van der Waals surface area contributed by atoms with E-state index >= 15 is 0 Å². The zero-order chi connectivity index (χ0) is 16.8. The van der Waals surface area contributed by atoms with Crippen molar-refractivity contribution in [1.29, 1.82) is 0 Å². The number of nitrogens with zero attached hydrogens (tertiary/aromatic N) is 4. The van der Waals surface area contributed by atoms with E-state index in [1.54, 1.807) is 19.0 Å². The van der Waals surface area contributed by atoms with E-state index in [0.29, 0.717) is 4.57 Å². The smallest absolute Gasteiger partial charge is 0.358 e. The van der Waals surface area contributed by atoms with E-state index in [-0.39, 0.29) is 12.4 Å². The topological polar surface area (TPSA) is 79.6 Å². The van der Waals surface area contributed by atoms with Gasteiger partial charge in [-0.05, 0) is 5.56 Å². The molecule has 1 amide bonds. The van der Waals surface area contributed by atoms with Gasteiger partial charge in [0.1, 0.15) is 0 Å². The molecule has 8 heteroatoms. The molecular formula is C15H16FN5O2. The molecule has 0 aliphatic rings. The minimum atomic E-state index is -0.900. The van der Waals surface area contributed by atoms with Crippen molar-refractivity contribution in [1.82, 2.24) is 19.8 Å². The van der Waals surface area contributed by atoms with Crippen LogP contribution in [0, 0.1) is 5.82 Å². The summed E-state index contributed by atoms with van der Waals surface area (Å²) in [5.74, 6) is -1.23. The molecule has 1 aromatic carbocycles. The standard InChI is InChI=1S/C15H16FN5O2/c1-20(2)10-18-13-12(16)9-21(15(23)19-13)14(22)17-8-11-6-4-3-5-7-11/h3-7,9-10H,8H2,1-2H3,(H,17,22). The molecule has 0 fully saturated rings. The first kappa shape index (κ1) is 16.3. The summed E-state index contributed by atoms with van der Waals surface area (Å²) in [5, 5.41) is 2.52. The van der Waals surface area contributed by atoms with Crippen LogP contribution in [0.5, 0.6) is 0 Å². The SMILES string of the molecule is CN(C)C=Nc1nc(=O)n(C(=O)NCc2ccccc2)cc1F. The van der Waals surface area contributed by atoms with Gasteiger partial charge >= 0.3 is 11.7 Å². The maximum absolute atomic E-state index is 13.9. The maximum atomic E-state index is 13.9. The molecule has 1 heterocycles. The second kappa shape index (κ2) is 7.30. The summed E-state index contributed by atoms with van der Waals surface area (Å²) >= 11 is 0. The highest BCUT2D eigenvalue weighted by Crippen LogP contribution is 2.10. The Kier molecular flexibility index (Phi) is 5.19. The Morgan fingerprint density at radius 1 is 1.39 bits per heavy atom. The lowest BCUT2D eigenvalue weighted by Gasteiger charge is -2.08. The van der Waals surface area contributed by atoms with Gasteiger partial charge in [-0.3, -0.25) is 0 Å². The molecule has 23 heavy (non-hydrogen) atoms. The number of aromatic nitrogens is 2. The maximum Gasteiger partial charge on any atom is 0.358 e. The fourth-order valence-electron chi connectivity index (χ4n) is 1.69. The molecule has 120 valence electrons. The predicted octanol–water partition coefficient (Wildman–Crippen LogP) is 1.36. The van der Waals surface area contributed by atoms with Gasteiger partial charge in [0.25, 0.3) is 0 Å². The van der Waals surface area contributed by atoms with Gasteiger partial charge in [0.2, 0.25) is 0 Å². The van der Waals surface area contributed by atoms with Gasteiger partial charge in [-0.2, -0.15) is 4.98 Å². The zero-order valence-electron chi connectivity index (χ0n) is 12.7. The van der Waals surface area contributed by atoms with Crippen LogP contribution >= 0.6 is 0 Å². The van der Waals surface area contributed by atoms with Gasteiger partial charge in [-0.25, -0.2) is 23.5 Å². The molecule has 0 saturated heterocycles. The summed E-state index contributed by atoms with van der Waals surface area (Å²) in [6, 6.07) is 8.39. The van der Waals surface area contributed by atoms with Crippen molar-refractivity contribution in [2.24, 2.45) is 4.99 Å². The molecule has 0 radical (unpaired) electrons. The molecule has 1 N–H and O–H groups in total. The second-order valence-electron chi connectivity index (χ2n) is 4.92. The quantitative estimate of drug-likeness (QED) is 0.682. The number of halogens is 1. The van der Waals surface area contributed by atoms with E-state index < -0.39 is 17.5 Å². The van der Waals surface area contributed by atoms with Crippen LogP contribution in [0.1, 0.15) is 5.56 Å². The minimum Gasteiger partial charge on any atom is -0.369 e. The van der Waals surface area contributed by atoms with E-state index in [0.717, 1.165) is 11.8 Å². The minimum absolute atomic E-state index is 0.217. The van der Waals surface area contributed by atoms with Crippen molar-refractivity contribution >= 4 is 18.2 Å². The number of hydrogen-bond acceptors (Lipinski definition) is 4. The van der Waals surface area contributed by atoms with E-state index in [1.165, 1.54) is 6.34 Å². The molecule has 2 aromatic rings. The highest BCUT2D eigenvalue weighted by atomic mass is 19.1. The Bertz CT molecular complexity index is 771. The number of nitrogens with one attached hydrogen (secondary N) is 1. The van der Waals surface area contributed by atoms with Gasteiger partial charge in [0.05, 0.1) is 12.5 Å². The largest absolute Gasteiger partial charge is 0.369 e. The molecule has 0 unspecified atom stereocenters. The highest BCUT2D eigenvalue weighted by molar-refractivity contribution is 5.76. The number of amides is 1. The summed E-state index contributed by atoms with van der Waals surface area (Å²) < 4.78 is 14.4. The summed E-state index contributed by atoms with van der Waals surface area (Å²) in [6.07, 6.45) is 2.09. The summed E-state index contributed by atoms with van der Waals surface area (Å²) in [7, 11) is 3.39. The molecule has 2 rings (SSSR count). The average Bonchev–Trinajstić information content (AvgIpc) is 2.54. The first-order valence-corrected chi connectivity index (χ1v) is 6.79. The van der Waals surface area contributed by atoms with Crippen LogP contribution in [0.25, 0.3) is 0 Å². The van der Waals surface area contributed by atoms with Crippen LogP contribution in [0.15, 0.2) is 46.3 Å². The third kappa shape index (κ3) is 4.47. The molecule has 0 aliphatic heterocycles. The molecule has 0 atom stereocenters. The second-order valence-corrected chi connectivity index (χ2v) is 4.92. The van der Waals surface area contributed by atoms with E-state index in [2.05, 4.69) is 15.3 Å². The number of aliphatic imine (C=N–C) groups is 1. The van der Waals surface area contributed by atoms with Crippen LogP contribution in [-0.2, 0) is 6.54 Å². The molecular weight excluding hydrogens is 301 g/mol. The first-order chi connectivity index (χ1) is 11.0. The average molecular weight is 317 g/mol. The lowest BCUT2D eigenvalue weighted by Crippen LogP contribution is -2.37. The third-order valence-corrected chi connectivity index (χ3v) is 2.78. The van der Waals surface area contributed by atoms with Crippen molar-refractivity contribution in [3.8, 4) is 0 Å². The van der Waals surface area contributed by atoms with Crippen LogP contribution in [0.4, 0.5) is 15.0 Å². The summed E-state index contributed by atoms with van der Waals surface area (Å²) in [6.45, 7) is 0.217. The molecule has 0 spiro atoms. The molecule has 7 nitrogen and oxygen atoms in total. The fraction of sp³-hybridized carbons (Fsp3) is 0.200. The Labute approximate surface area is 132 Å². The monoisotopic (exact) mass is 317 g/mol. The molecule has 1 aromatic heterocycles. The van der Waals surface area contributed by atoms with E-state index in [1.807, 2.05) is 30.3 Å². The van der Waals surface area contributed by atoms with Crippen LogP contribution < -0.4 is 11.0 Å². The van der Waals surface area contributed by atoms with Gasteiger partial charge in [0.15, 0.2) is 11.6 Å². The van der Waals surface area contributed by atoms with Gasteiger partial charge < -0.3 is 10.2 Å². The third-order valence-electron chi connectivity index (χ3n) is 2.78. The van der Waals surface area contributed by atoms with E-state index in [9.17, 15) is 14.0 Å². The predicted molar refractivity (Wildman–Crippen MR) is 84.4 cm³/mol. The number of hydrogen-bond donors (Lipinski definition) is 1. The van der Waals surface area contributed by atoms with Gasteiger partial charge in [-0.15, -0.1) is 0 Å². The van der Waals surface area contributed by atoms with Gasteiger partial charge in [0, 0.05) is 20.6 Å². The number of carbonyl (C=O) groups is 1. The fourth-order valence-corrected chi connectivity index (χ4v) is 1.69. The molecule has 0 bridgehead atoms. The van der Waals surface area contributed by atoms with Crippen molar-refractivity contribution in [3.63, 3.8) is 0 Å². The van der Waals surface area contributed by atoms with Crippen LogP contribution in [0.2, 0.25) is 0 Å². The zero-order valence-corrected chi connectivity index (χ0v) is 12.7. The Balaban J connectivity index is 2.15. The van der Waals surface area contributed by atoms with Crippen molar-refractivity contribution < 1.29 is 9.18 Å². The lowest BCUT2D eigenvalue weighted by atomic mass is 10.2.